The van der Waals surface area contributed by atoms with Crippen molar-refractivity contribution in [2.75, 3.05) is 30.7 Å². The lowest BCUT2D eigenvalue weighted by Gasteiger charge is -2.35. The van der Waals surface area contributed by atoms with Crippen LogP contribution in [-0.4, -0.2) is 98.9 Å². The molecule has 0 saturated carbocycles. The van der Waals surface area contributed by atoms with E-state index in [1.807, 2.05) is 114 Å². The quantitative estimate of drug-likeness (QED) is 0.200. The number of hydrogen-bond acceptors (Lipinski definition) is 7. The predicted molar refractivity (Wildman–Crippen MR) is 199 cm³/mol. The number of ether oxygens (including phenoxy) is 1. The van der Waals surface area contributed by atoms with Crippen LogP contribution in [0.2, 0.25) is 0 Å². The van der Waals surface area contributed by atoms with E-state index >= 15 is 0 Å². The van der Waals surface area contributed by atoms with Gasteiger partial charge in [-0.05, 0) is 69.0 Å². The maximum absolute atomic E-state index is 14.0. The van der Waals surface area contributed by atoms with E-state index in [4.69, 9.17) is 4.74 Å². The van der Waals surface area contributed by atoms with E-state index < -0.39 is 52.2 Å². The molecular formula is C37H49N4O6S2+. The van der Waals surface area contributed by atoms with E-state index in [1.54, 1.807) is 6.07 Å². The monoisotopic (exact) mass is 709 g/mol. The minimum atomic E-state index is -1.66. The number of nitrogens with zero attached hydrogens (tertiary/aromatic N) is 1. The summed E-state index contributed by atoms with van der Waals surface area (Å²) >= 11 is 1.45. The summed E-state index contributed by atoms with van der Waals surface area (Å²) < 4.78 is 5.26. The summed E-state index contributed by atoms with van der Waals surface area (Å²) in [5.74, 6) is -0.839. The molecule has 0 unspecified atom stereocenters. The zero-order valence-corrected chi connectivity index (χ0v) is 31.0. The van der Waals surface area contributed by atoms with Crippen molar-refractivity contribution in [3.63, 3.8) is 0 Å². The number of benzene rings is 3. The molecule has 264 valence electrons. The van der Waals surface area contributed by atoms with Crippen LogP contribution in [0.15, 0.2) is 72.8 Å². The third-order valence-corrected chi connectivity index (χ3v) is 10.5. The smallest absolute Gasteiger partial charge is 0.258 e. The van der Waals surface area contributed by atoms with Gasteiger partial charge in [0.15, 0.2) is 18.8 Å². The van der Waals surface area contributed by atoms with E-state index in [2.05, 4.69) is 16.0 Å². The van der Waals surface area contributed by atoms with Crippen molar-refractivity contribution in [1.82, 2.24) is 20.9 Å². The molecule has 3 aromatic carbocycles. The lowest BCUT2D eigenvalue weighted by atomic mass is 9.96. The zero-order valence-electron chi connectivity index (χ0n) is 29.3. The number of hydrogen-bond donors (Lipinski definition) is 4. The standard InChI is InChI=1S/C37H48N4O6S2/c1-36(2,3)40-34(45)32-37(4,5)48-23-41(32)35(46)31(43)27(20-24-14-9-8-10-15-24)39-33(44)28(22-49(6)7)38-30(42)21-47-29-19-13-17-25-16-11-12-18-26(25)29/h8-19,27-28,31-32,43H,20-23H2,1-7H3,(H2-,38,39,40,42,44,45)/p+1/t27-,28-,31-,32+/m0/s1. The van der Waals surface area contributed by atoms with Crippen molar-refractivity contribution in [1.29, 1.82) is 0 Å². The van der Waals surface area contributed by atoms with Crippen molar-refractivity contribution in [2.45, 2.75) is 75.6 Å². The molecule has 10 nitrogen and oxygen atoms in total. The van der Waals surface area contributed by atoms with Crippen LogP contribution in [0.1, 0.15) is 40.2 Å². The first-order valence-corrected chi connectivity index (χ1v) is 19.5. The molecule has 1 heterocycles. The topological polar surface area (TPSA) is 137 Å². The summed E-state index contributed by atoms with van der Waals surface area (Å²) in [6.07, 6.45) is 2.43. The molecule has 1 fully saturated rings. The maximum Gasteiger partial charge on any atom is 0.258 e. The highest BCUT2D eigenvalue weighted by Crippen LogP contribution is 2.40. The summed E-state index contributed by atoms with van der Waals surface area (Å²) in [5, 5.41) is 22.2. The summed E-state index contributed by atoms with van der Waals surface area (Å²) in [7, 11) is -0.244. The number of carbonyl (C=O) groups excluding carboxylic acids is 4. The van der Waals surface area contributed by atoms with Gasteiger partial charge in [0.1, 0.15) is 17.5 Å². The Labute approximate surface area is 296 Å². The molecule has 0 bridgehead atoms. The van der Waals surface area contributed by atoms with Gasteiger partial charge in [-0.2, -0.15) is 0 Å². The Balaban J connectivity index is 1.52. The summed E-state index contributed by atoms with van der Waals surface area (Å²) in [4.78, 5) is 55.9. The fourth-order valence-electron chi connectivity index (χ4n) is 5.80. The molecule has 4 amide bonds. The first kappa shape index (κ1) is 38.1. The van der Waals surface area contributed by atoms with Crippen LogP contribution in [0.4, 0.5) is 0 Å². The molecule has 1 aliphatic heterocycles. The van der Waals surface area contributed by atoms with Gasteiger partial charge in [0.2, 0.25) is 11.8 Å². The number of aliphatic hydroxyl groups excluding tert-OH is 1. The fraction of sp³-hybridized carbons (Fsp3) is 0.459. The minimum absolute atomic E-state index is 0.150. The van der Waals surface area contributed by atoms with Gasteiger partial charge in [0, 0.05) is 15.7 Å². The van der Waals surface area contributed by atoms with E-state index in [9.17, 15) is 24.3 Å². The molecule has 3 aromatic rings. The molecule has 0 spiro atoms. The van der Waals surface area contributed by atoms with Crippen LogP contribution in [-0.2, 0) is 36.5 Å². The van der Waals surface area contributed by atoms with Gasteiger partial charge < -0.3 is 30.7 Å². The average Bonchev–Trinajstić information content (AvgIpc) is 3.36. The van der Waals surface area contributed by atoms with Crippen LogP contribution >= 0.6 is 11.8 Å². The van der Waals surface area contributed by atoms with Gasteiger partial charge in [0.25, 0.3) is 11.8 Å². The average molecular weight is 710 g/mol. The highest BCUT2D eigenvalue weighted by Gasteiger charge is 2.50. The Morgan fingerprint density at radius 3 is 2.31 bits per heavy atom. The Kier molecular flexibility index (Phi) is 12.7. The van der Waals surface area contributed by atoms with Crippen LogP contribution in [0.3, 0.4) is 0 Å². The van der Waals surface area contributed by atoms with Gasteiger partial charge in [0.05, 0.1) is 24.4 Å². The fourth-order valence-corrected chi connectivity index (χ4v) is 7.84. The van der Waals surface area contributed by atoms with Crippen molar-refractivity contribution in [3.8, 4) is 5.75 Å². The summed E-state index contributed by atoms with van der Waals surface area (Å²) in [5.41, 5.74) is 0.279. The van der Waals surface area contributed by atoms with Crippen LogP contribution in [0.5, 0.6) is 5.75 Å². The molecule has 0 radical (unpaired) electrons. The molecule has 0 aliphatic carbocycles. The summed E-state index contributed by atoms with van der Waals surface area (Å²) in [6.45, 7) is 9.11. The molecule has 49 heavy (non-hydrogen) atoms. The first-order valence-electron chi connectivity index (χ1n) is 16.3. The SMILES string of the molecule is C[S+](C)C[C@H](NC(=O)COc1cccc2ccccc12)C(=O)N[C@@H](Cc1ccccc1)[C@H](O)C(=O)N1CSC(C)(C)[C@H]1C(=O)NC(C)(C)C. The number of thioether (sulfide) groups is 1. The number of rotatable bonds is 13. The third-order valence-electron chi connectivity index (χ3n) is 8.10. The first-order chi connectivity index (χ1) is 23.1. The normalized spacial score (nSPS) is 17.7. The minimum Gasteiger partial charge on any atom is -0.483 e. The zero-order chi connectivity index (χ0) is 35.9. The third kappa shape index (κ3) is 10.4. The number of carbonyl (C=O) groups is 4. The van der Waals surface area contributed by atoms with Gasteiger partial charge >= 0.3 is 0 Å². The van der Waals surface area contributed by atoms with E-state index in [0.29, 0.717) is 11.5 Å². The van der Waals surface area contributed by atoms with Crippen molar-refractivity contribution in [2.24, 2.45) is 0 Å². The molecule has 12 heteroatoms. The Hall–Kier alpha value is -3.74. The number of aliphatic hydroxyl groups is 1. The Morgan fingerprint density at radius 2 is 1.63 bits per heavy atom. The lowest BCUT2D eigenvalue weighted by molar-refractivity contribution is -0.148. The number of amides is 4. The second-order valence-corrected chi connectivity index (χ2v) is 18.0. The molecule has 4 rings (SSSR count). The molecule has 4 N–H and O–H groups in total. The molecular weight excluding hydrogens is 661 g/mol. The van der Waals surface area contributed by atoms with E-state index in [1.165, 1.54) is 16.7 Å². The highest BCUT2D eigenvalue weighted by molar-refractivity contribution is 8.00. The van der Waals surface area contributed by atoms with Crippen LogP contribution in [0, 0.1) is 0 Å². The largest absolute Gasteiger partial charge is 0.483 e. The Bertz CT molecular complexity index is 1620. The van der Waals surface area contributed by atoms with Crippen molar-refractivity contribution < 1.29 is 29.0 Å². The van der Waals surface area contributed by atoms with Crippen molar-refractivity contribution >= 4 is 57.1 Å². The lowest BCUT2D eigenvalue weighted by Crippen LogP contribution is -2.61. The molecule has 4 atom stereocenters. The summed E-state index contributed by atoms with van der Waals surface area (Å²) in [6, 6.07) is 19.7. The second kappa shape index (κ2) is 16.3. The molecule has 0 aromatic heterocycles. The van der Waals surface area contributed by atoms with Crippen LogP contribution < -0.4 is 20.7 Å². The van der Waals surface area contributed by atoms with E-state index in [0.717, 1.165) is 16.3 Å². The van der Waals surface area contributed by atoms with Gasteiger partial charge in [-0.1, -0.05) is 66.7 Å². The van der Waals surface area contributed by atoms with E-state index in [-0.39, 0.29) is 35.7 Å². The van der Waals surface area contributed by atoms with Gasteiger partial charge in [-0.25, -0.2) is 0 Å². The predicted octanol–water partition coefficient (Wildman–Crippen LogP) is 3.26. The van der Waals surface area contributed by atoms with Gasteiger partial charge in [-0.3, -0.25) is 19.2 Å². The van der Waals surface area contributed by atoms with Crippen molar-refractivity contribution in [3.05, 3.63) is 78.4 Å². The Morgan fingerprint density at radius 1 is 0.980 bits per heavy atom. The number of nitrogens with one attached hydrogen (secondary N) is 3. The molecule has 1 saturated heterocycles. The maximum atomic E-state index is 14.0. The number of fused-ring (bicyclic) bond motifs is 1. The highest BCUT2D eigenvalue weighted by atomic mass is 32.2. The van der Waals surface area contributed by atoms with Crippen LogP contribution in [0.25, 0.3) is 10.8 Å². The van der Waals surface area contributed by atoms with Gasteiger partial charge in [-0.15, -0.1) is 11.8 Å². The molecule has 1 aliphatic rings. The second-order valence-electron chi connectivity index (χ2n) is 14.1.